The van der Waals surface area contributed by atoms with Crippen LogP contribution in [0.15, 0.2) is 55.0 Å². The molecular weight excluding hydrogens is 484 g/mol. The molecule has 5 heterocycles. The van der Waals surface area contributed by atoms with Crippen LogP contribution >= 0.6 is 0 Å². The van der Waals surface area contributed by atoms with Crippen LogP contribution in [0.2, 0.25) is 0 Å². The van der Waals surface area contributed by atoms with Gasteiger partial charge in [-0.3, -0.25) is 9.88 Å². The first-order chi connectivity index (χ1) is 18.5. The molecule has 0 bridgehead atoms. The molecule has 0 saturated carbocycles. The molecule has 0 radical (unpaired) electrons. The summed E-state index contributed by atoms with van der Waals surface area (Å²) in [4.78, 5) is 16.7. The van der Waals surface area contributed by atoms with Crippen molar-refractivity contribution in [2.45, 2.75) is 32.9 Å². The molecule has 2 aliphatic heterocycles. The highest BCUT2D eigenvalue weighted by atomic mass is 19.1. The Kier molecular flexibility index (Phi) is 6.80. The second-order valence-corrected chi connectivity index (χ2v) is 10.4. The Morgan fingerprint density at radius 1 is 0.947 bits per heavy atom. The lowest BCUT2D eigenvalue weighted by Crippen LogP contribution is -2.45. The molecule has 2 atom stereocenters. The largest absolute Gasteiger partial charge is 0.349 e. The zero-order valence-corrected chi connectivity index (χ0v) is 21.9. The van der Waals surface area contributed by atoms with Gasteiger partial charge in [0.1, 0.15) is 17.5 Å². The zero-order chi connectivity index (χ0) is 26.2. The molecule has 7 nitrogen and oxygen atoms in total. The summed E-state index contributed by atoms with van der Waals surface area (Å²) in [7, 11) is 0. The Morgan fingerprint density at radius 2 is 1.76 bits per heavy atom. The summed E-state index contributed by atoms with van der Waals surface area (Å²) >= 11 is 0. The number of likely N-dealkylation sites (N-methyl/N-ethyl adjacent to an activating group) is 1. The molecule has 198 valence electrons. The SMILES string of the molecule is CCN1CCN(Cc2ccc(-c3cnn4ccc(N5CC[C@@H](C)[C@@H]5c5cc(F)ccc5F)nc34)cn2)CC1. The fourth-order valence-electron chi connectivity index (χ4n) is 5.81. The van der Waals surface area contributed by atoms with Gasteiger partial charge in [0, 0.05) is 68.4 Å². The van der Waals surface area contributed by atoms with Crippen LogP contribution in [0, 0.1) is 17.6 Å². The average molecular weight is 518 g/mol. The minimum Gasteiger partial charge on any atom is -0.349 e. The molecule has 0 amide bonds. The van der Waals surface area contributed by atoms with Crippen molar-refractivity contribution in [1.29, 1.82) is 0 Å². The summed E-state index contributed by atoms with van der Waals surface area (Å²) in [5.74, 6) is 0.0734. The van der Waals surface area contributed by atoms with E-state index in [1.54, 1.807) is 4.52 Å². The van der Waals surface area contributed by atoms with E-state index in [0.29, 0.717) is 11.2 Å². The summed E-state index contributed by atoms with van der Waals surface area (Å²) < 4.78 is 30.5. The van der Waals surface area contributed by atoms with Gasteiger partial charge in [-0.25, -0.2) is 18.3 Å². The highest BCUT2D eigenvalue weighted by Crippen LogP contribution is 2.41. The van der Waals surface area contributed by atoms with Gasteiger partial charge in [-0.1, -0.05) is 19.9 Å². The van der Waals surface area contributed by atoms with Gasteiger partial charge in [0.2, 0.25) is 0 Å². The molecule has 6 rings (SSSR count). The minimum atomic E-state index is -0.430. The van der Waals surface area contributed by atoms with Crippen LogP contribution in [0.5, 0.6) is 0 Å². The maximum atomic E-state index is 14.7. The number of fused-ring (bicyclic) bond motifs is 1. The van der Waals surface area contributed by atoms with E-state index in [9.17, 15) is 8.78 Å². The molecule has 1 aromatic carbocycles. The van der Waals surface area contributed by atoms with Crippen LogP contribution in [0.3, 0.4) is 0 Å². The third kappa shape index (κ3) is 4.76. The summed E-state index contributed by atoms with van der Waals surface area (Å²) in [6.45, 7) is 11.3. The van der Waals surface area contributed by atoms with E-state index >= 15 is 0 Å². The summed E-state index contributed by atoms with van der Waals surface area (Å²) in [6.07, 6.45) is 6.45. The number of hydrogen-bond acceptors (Lipinski definition) is 6. The quantitative estimate of drug-likeness (QED) is 0.367. The van der Waals surface area contributed by atoms with Crippen LogP contribution < -0.4 is 4.90 Å². The normalized spacial score (nSPS) is 21.0. The van der Waals surface area contributed by atoms with Crippen molar-refractivity contribution in [1.82, 2.24) is 29.4 Å². The molecule has 0 N–H and O–H groups in total. The van der Waals surface area contributed by atoms with Crippen molar-refractivity contribution in [3.8, 4) is 11.1 Å². The molecule has 2 aliphatic rings. The number of aromatic nitrogens is 4. The number of benzene rings is 1. The number of halogens is 2. The van der Waals surface area contributed by atoms with Gasteiger partial charge in [-0.2, -0.15) is 5.10 Å². The third-order valence-electron chi connectivity index (χ3n) is 8.06. The van der Waals surface area contributed by atoms with E-state index in [4.69, 9.17) is 9.97 Å². The maximum Gasteiger partial charge on any atom is 0.165 e. The Bertz CT molecular complexity index is 1410. The first-order valence-corrected chi connectivity index (χ1v) is 13.5. The predicted molar refractivity (Wildman–Crippen MR) is 144 cm³/mol. The average Bonchev–Trinajstić information content (AvgIpc) is 3.54. The first kappa shape index (κ1) is 24.9. The Morgan fingerprint density at radius 3 is 2.53 bits per heavy atom. The summed E-state index contributed by atoms with van der Waals surface area (Å²) in [5, 5.41) is 4.50. The van der Waals surface area contributed by atoms with Crippen molar-refractivity contribution in [2.24, 2.45) is 5.92 Å². The van der Waals surface area contributed by atoms with Gasteiger partial charge >= 0.3 is 0 Å². The number of piperazine rings is 1. The highest BCUT2D eigenvalue weighted by molar-refractivity contribution is 5.77. The second kappa shape index (κ2) is 10.4. The summed E-state index contributed by atoms with van der Waals surface area (Å²) in [5.41, 5.74) is 3.98. The van der Waals surface area contributed by atoms with E-state index in [2.05, 4.69) is 45.8 Å². The fraction of sp³-hybridized carbons (Fsp3) is 0.414. The standard InChI is InChI=1S/C29H33F2N7/c1-3-35-12-14-36(15-13-35)19-23-6-4-21(17-32-23)25-18-33-38-11-9-27(34-29(25)38)37-10-8-20(2)28(37)24-16-22(30)5-7-26(24)31/h4-7,9,11,16-18,20,28H,3,8,10,12-15,19H2,1-2H3/t20-,28-/m1/s1. The van der Waals surface area contributed by atoms with Gasteiger partial charge in [0.15, 0.2) is 5.65 Å². The topological polar surface area (TPSA) is 52.8 Å². The number of hydrogen-bond donors (Lipinski definition) is 0. The van der Waals surface area contributed by atoms with E-state index in [0.717, 1.165) is 80.9 Å². The van der Waals surface area contributed by atoms with Crippen molar-refractivity contribution < 1.29 is 8.78 Å². The monoisotopic (exact) mass is 517 g/mol. The first-order valence-electron chi connectivity index (χ1n) is 13.5. The lowest BCUT2D eigenvalue weighted by Gasteiger charge is -2.33. The number of anilines is 1. The third-order valence-corrected chi connectivity index (χ3v) is 8.06. The zero-order valence-electron chi connectivity index (χ0n) is 21.9. The van der Waals surface area contributed by atoms with Crippen molar-refractivity contribution in [2.75, 3.05) is 44.2 Å². The maximum absolute atomic E-state index is 14.7. The van der Waals surface area contributed by atoms with Gasteiger partial charge in [-0.05, 0) is 49.2 Å². The smallest absolute Gasteiger partial charge is 0.165 e. The van der Waals surface area contributed by atoms with Gasteiger partial charge in [0.05, 0.1) is 17.9 Å². The Labute approximate surface area is 221 Å². The van der Waals surface area contributed by atoms with E-state index < -0.39 is 5.82 Å². The van der Waals surface area contributed by atoms with E-state index in [1.807, 2.05) is 24.7 Å². The highest BCUT2D eigenvalue weighted by Gasteiger charge is 2.35. The number of pyridine rings is 1. The molecule has 38 heavy (non-hydrogen) atoms. The fourth-order valence-corrected chi connectivity index (χ4v) is 5.81. The minimum absolute atomic E-state index is 0.162. The van der Waals surface area contributed by atoms with Crippen LogP contribution in [-0.4, -0.2) is 68.7 Å². The van der Waals surface area contributed by atoms with Crippen LogP contribution in [0.4, 0.5) is 14.6 Å². The molecule has 0 unspecified atom stereocenters. The lowest BCUT2D eigenvalue weighted by atomic mass is 9.95. The molecular formula is C29H33F2N7. The van der Waals surface area contributed by atoms with E-state index in [1.165, 1.54) is 12.1 Å². The molecule has 4 aromatic rings. The van der Waals surface area contributed by atoms with Crippen molar-refractivity contribution >= 4 is 11.5 Å². The lowest BCUT2D eigenvalue weighted by molar-refractivity contribution is 0.131. The predicted octanol–water partition coefficient (Wildman–Crippen LogP) is 4.79. The van der Waals surface area contributed by atoms with E-state index in [-0.39, 0.29) is 17.8 Å². The molecule has 2 saturated heterocycles. The molecule has 3 aromatic heterocycles. The van der Waals surface area contributed by atoms with Crippen molar-refractivity contribution in [3.63, 3.8) is 0 Å². The number of rotatable bonds is 6. The molecule has 2 fully saturated rings. The van der Waals surface area contributed by atoms with Gasteiger partial charge < -0.3 is 9.80 Å². The van der Waals surface area contributed by atoms with Gasteiger partial charge in [-0.15, -0.1) is 0 Å². The second-order valence-electron chi connectivity index (χ2n) is 10.4. The van der Waals surface area contributed by atoms with Crippen molar-refractivity contribution in [3.05, 3.63) is 77.9 Å². The van der Waals surface area contributed by atoms with Crippen LogP contribution in [0.1, 0.15) is 37.6 Å². The Balaban J connectivity index is 1.25. The molecule has 9 heteroatoms. The van der Waals surface area contributed by atoms with Crippen LogP contribution in [-0.2, 0) is 6.54 Å². The van der Waals surface area contributed by atoms with Crippen LogP contribution in [0.25, 0.3) is 16.8 Å². The number of nitrogens with zero attached hydrogens (tertiary/aromatic N) is 7. The summed E-state index contributed by atoms with van der Waals surface area (Å²) in [6, 6.07) is 9.46. The molecule has 0 aliphatic carbocycles. The molecule has 0 spiro atoms. The van der Waals surface area contributed by atoms with Gasteiger partial charge in [0.25, 0.3) is 0 Å². The Hall–Kier alpha value is -3.43.